The molecule has 35 heavy (non-hydrogen) atoms. The second-order valence-electron chi connectivity index (χ2n) is 8.15. The number of benzene rings is 3. The number of amides is 1. The van der Waals surface area contributed by atoms with Gasteiger partial charge in [-0.2, -0.15) is 0 Å². The number of rotatable bonds is 5. The van der Waals surface area contributed by atoms with Crippen molar-refractivity contribution in [2.75, 3.05) is 11.5 Å². The van der Waals surface area contributed by atoms with E-state index in [1.165, 1.54) is 16.2 Å². The number of aliphatic hydroxyl groups is 1. The quantitative estimate of drug-likeness (QED) is 0.177. The third kappa shape index (κ3) is 4.24. The van der Waals surface area contributed by atoms with Crippen LogP contribution in [-0.2, 0) is 9.59 Å². The Kier molecular flexibility index (Phi) is 6.17. The van der Waals surface area contributed by atoms with Crippen molar-refractivity contribution in [3.8, 4) is 5.75 Å². The largest absolute Gasteiger partial charge is 0.507 e. The van der Waals surface area contributed by atoms with Gasteiger partial charge in [-0.1, -0.05) is 45.5 Å². The Morgan fingerprint density at radius 1 is 1.11 bits per heavy atom. The number of carbonyl (C=O) groups is 2. The summed E-state index contributed by atoms with van der Waals surface area (Å²) in [5, 5.41) is 11.7. The Hall–Kier alpha value is -3.49. The van der Waals surface area contributed by atoms with Gasteiger partial charge in [-0.15, -0.1) is 0 Å². The lowest BCUT2D eigenvalue weighted by atomic mass is 9.95. The molecule has 1 aromatic heterocycles. The number of ketones is 1. The number of hydrogen-bond donors (Lipinski definition) is 1. The second-order valence-corrected chi connectivity index (χ2v) is 10.1. The van der Waals surface area contributed by atoms with E-state index in [1.54, 1.807) is 24.3 Å². The molecule has 1 saturated heterocycles. The molecule has 3 aromatic carbocycles. The van der Waals surface area contributed by atoms with Crippen molar-refractivity contribution in [3.05, 3.63) is 93.5 Å². The Morgan fingerprint density at radius 2 is 1.89 bits per heavy atom. The minimum absolute atomic E-state index is 0.0210. The fourth-order valence-corrected chi connectivity index (χ4v) is 5.68. The van der Waals surface area contributed by atoms with Gasteiger partial charge in [0.25, 0.3) is 5.78 Å². The molecule has 4 aromatic rings. The molecule has 6 nitrogen and oxygen atoms in total. The molecule has 0 saturated carbocycles. The number of fused-ring (bicyclic) bond motifs is 1. The first-order chi connectivity index (χ1) is 16.9. The highest BCUT2D eigenvalue weighted by Crippen LogP contribution is 2.44. The summed E-state index contributed by atoms with van der Waals surface area (Å²) in [5.74, 6) is -1.07. The first kappa shape index (κ1) is 23.3. The van der Waals surface area contributed by atoms with Crippen molar-refractivity contribution in [2.24, 2.45) is 0 Å². The lowest BCUT2D eigenvalue weighted by molar-refractivity contribution is -0.132. The lowest BCUT2D eigenvalue weighted by Crippen LogP contribution is -2.29. The standard InChI is InChI=1S/C27H21BrN2O4S/c1-3-34-19-10-8-16(9-11-19)24(31)22-23(17-5-4-6-18(28)14-17)30(26(33)25(22)32)27-29-20-12-7-15(2)13-21(20)35-27/h4-14,23,31H,3H2,1-2H3/t23-/m0/s1. The topological polar surface area (TPSA) is 79.7 Å². The summed E-state index contributed by atoms with van der Waals surface area (Å²) in [6, 6.07) is 19.2. The van der Waals surface area contributed by atoms with Crippen LogP contribution >= 0.6 is 27.3 Å². The minimum Gasteiger partial charge on any atom is -0.507 e. The summed E-state index contributed by atoms with van der Waals surface area (Å²) < 4.78 is 7.19. The molecule has 1 fully saturated rings. The summed E-state index contributed by atoms with van der Waals surface area (Å²) in [5.41, 5.74) is 2.95. The highest BCUT2D eigenvalue weighted by molar-refractivity contribution is 9.10. The van der Waals surface area contributed by atoms with E-state index in [0.717, 1.165) is 20.3 Å². The van der Waals surface area contributed by atoms with Gasteiger partial charge in [0.05, 0.1) is 28.4 Å². The smallest absolute Gasteiger partial charge is 0.301 e. The van der Waals surface area contributed by atoms with Crippen LogP contribution in [0.1, 0.15) is 29.7 Å². The molecule has 1 amide bonds. The van der Waals surface area contributed by atoms with Gasteiger partial charge in [-0.3, -0.25) is 14.5 Å². The molecule has 0 bridgehead atoms. The van der Waals surface area contributed by atoms with Crippen LogP contribution in [0, 0.1) is 6.92 Å². The number of anilines is 1. The van der Waals surface area contributed by atoms with Gasteiger partial charge in [-0.25, -0.2) is 4.98 Å². The predicted octanol–water partition coefficient (Wildman–Crippen LogP) is 6.39. The van der Waals surface area contributed by atoms with Crippen molar-refractivity contribution in [2.45, 2.75) is 19.9 Å². The van der Waals surface area contributed by atoms with Gasteiger partial charge in [0.15, 0.2) is 5.13 Å². The maximum Gasteiger partial charge on any atom is 0.301 e. The van der Waals surface area contributed by atoms with Gasteiger partial charge in [0.2, 0.25) is 0 Å². The zero-order chi connectivity index (χ0) is 24.7. The van der Waals surface area contributed by atoms with Gasteiger partial charge in [0.1, 0.15) is 11.5 Å². The highest BCUT2D eigenvalue weighted by atomic mass is 79.9. The third-order valence-electron chi connectivity index (χ3n) is 5.79. The summed E-state index contributed by atoms with van der Waals surface area (Å²) in [6.07, 6.45) is 0. The summed E-state index contributed by atoms with van der Waals surface area (Å²) in [7, 11) is 0. The molecule has 2 heterocycles. The number of ether oxygens (including phenoxy) is 1. The van der Waals surface area contributed by atoms with Crippen molar-refractivity contribution in [1.82, 2.24) is 4.98 Å². The molecule has 5 rings (SSSR count). The summed E-state index contributed by atoms with van der Waals surface area (Å²) in [4.78, 5) is 32.8. The maximum absolute atomic E-state index is 13.4. The van der Waals surface area contributed by atoms with Crippen molar-refractivity contribution < 1.29 is 19.4 Å². The van der Waals surface area contributed by atoms with Crippen molar-refractivity contribution in [1.29, 1.82) is 0 Å². The van der Waals surface area contributed by atoms with Crippen LogP contribution in [-0.4, -0.2) is 28.4 Å². The Bertz CT molecular complexity index is 1490. The van der Waals surface area contributed by atoms with E-state index in [4.69, 9.17) is 4.74 Å². The fourth-order valence-electron chi connectivity index (χ4n) is 4.18. The monoisotopic (exact) mass is 548 g/mol. The zero-order valence-corrected chi connectivity index (χ0v) is 21.4. The molecule has 0 aliphatic carbocycles. The highest BCUT2D eigenvalue weighted by Gasteiger charge is 2.48. The summed E-state index contributed by atoms with van der Waals surface area (Å²) in [6.45, 7) is 4.39. The number of aryl methyl sites for hydroxylation is 1. The summed E-state index contributed by atoms with van der Waals surface area (Å²) >= 11 is 4.83. The number of aromatic nitrogens is 1. The van der Waals surface area contributed by atoms with Gasteiger partial charge in [0, 0.05) is 10.0 Å². The van der Waals surface area contributed by atoms with Crippen LogP contribution in [0.2, 0.25) is 0 Å². The molecule has 0 spiro atoms. The maximum atomic E-state index is 13.4. The Morgan fingerprint density at radius 3 is 2.60 bits per heavy atom. The molecule has 176 valence electrons. The SMILES string of the molecule is CCOc1ccc(C(O)=C2C(=O)C(=O)N(c3nc4ccc(C)cc4s3)[C@H]2c2cccc(Br)c2)cc1. The van der Waals surface area contributed by atoms with Crippen molar-refractivity contribution >= 4 is 60.1 Å². The molecule has 0 unspecified atom stereocenters. The normalized spacial score (nSPS) is 17.3. The molecule has 1 aliphatic rings. The molecule has 1 atom stereocenters. The minimum atomic E-state index is -0.833. The molecule has 1 N–H and O–H groups in total. The van der Waals surface area contributed by atoms with E-state index in [9.17, 15) is 14.7 Å². The second kappa shape index (κ2) is 9.28. The first-order valence-corrected chi connectivity index (χ1v) is 12.6. The number of hydrogen-bond acceptors (Lipinski definition) is 6. The molecular weight excluding hydrogens is 528 g/mol. The van der Waals surface area contributed by atoms with E-state index in [-0.39, 0.29) is 11.3 Å². The number of aliphatic hydroxyl groups excluding tert-OH is 1. The van der Waals surface area contributed by atoms with E-state index < -0.39 is 17.7 Å². The number of Topliss-reactive ketones (excluding diaryl/α,β-unsaturated/α-hetero) is 1. The van der Waals surface area contributed by atoms with E-state index in [2.05, 4.69) is 20.9 Å². The Labute approximate surface area is 214 Å². The average molecular weight is 549 g/mol. The van der Waals surface area contributed by atoms with E-state index >= 15 is 0 Å². The molecular formula is C27H21BrN2O4S. The third-order valence-corrected chi connectivity index (χ3v) is 7.30. The van der Waals surface area contributed by atoms with E-state index in [0.29, 0.717) is 28.6 Å². The van der Waals surface area contributed by atoms with Gasteiger partial charge >= 0.3 is 5.91 Å². The van der Waals surface area contributed by atoms with Crippen LogP contribution in [0.15, 0.2) is 76.8 Å². The van der Waals surface area contributed by atoms with Crippen LogP contribution in [0.25, 0.3) is 16.0 Å². The fraction of sp³-hybridized carbons (Fsp3) is 0.148. The molecule has 8 heteroatoms. The van der Waals surface area contributed by atoms with Crippen LogP contribution in [0.4, 0.5) is 5.13 Å². The number of carbonyl (C=O) groups excluding carboxylic acids is 2. The van der Waals surface area contributed by atoms with Crippen LogP contribution in [0.3, 0.4) is 0 Å². The predicted molar refractivity (Wildman–Crippen MR) is 141 cm³/mol. The number of halogens is 1. The van der Waals surface area contributed by atoms with Crippen molar-refractivity contribution in [3.63, 3.8) is 0 Å². The molecule has 0 radical (unpaired) electrons. The zero-order valence-electron chi connectivity index (χ0n) is 19.0. The van der Waals surface area contributed by atoms with Gasteiger partial charge < -0.3 is 9.84 Å². The van der Waals surface area contributed by atoms with E-state index in [1.807, 2.05) is 56.3 Å². The Balaban J connectivity index is 1.69. The number of nitrogens with zero attached hydrogens (tertiary/aromatic N) is 2. The molecule has 1 aliphatic heterocycles. The van der Waals surface area contributed by atoms with Gasteiger partial charge in [-0.05, 0) is 73.5 Å². The lowest BCUT2D eigenvalue weighted by Gasteiger charge is -2.23. The number of thiazole rings is 1. The van der Waals surface area contributed by atoms with Crippen LogP contribution < -0.4 is 9.64 Å². The first-order valence-electron chi connectivity index (χ1n) is 11.0. The van der Waals surface area contributed by atoms with Crippen LogP contribution in [0.5, 0.6) is 5.75 Å². The average Bonchev–Trinajstić information content (AvgIpc) is 3.37.